The van der Waals surface area contributed by atoms with Gasteiger partial charge in [-0.05, 0) is 20.0 Å². The second-order valence-corrected chi connectivity index (χ2v) is 4.06. The molecule has 0 aliphatic heterocycles. The maximum absolute atomic E-state index is 5.69. The van der Waals surface area contributed by atoms with E-state index in [2.05, 4.69) is 14.7 Å². The van der Waals surface area contributed by atoms with Crippen LogP contribution in [0.25, 0.3) is 0 Å². The molecule has 0 spiro atoms. The summed E-state index contributed by atoms with van der Waals surface area (Å²) >= 11 is 1.27. The highest BCUT2D eigenvalue weighted by Gasteiger charge is 2.06. The Balaban J connectivity index is 2.20. The molecule has 0 bridgehead atoms. The van der Waals surface area contributed by atoms with Crippen LogP contribution in [0.3, 0.4) is 0 Å². The van der Waals surface area contributed by atoms with E-state index in [1.54, 1.807) is 0 Å². The second-order valence-electron chi connectivity index (χ2n) is 3.35. The summed E-state index contributed by atoms with van der Waals surface area (Å²) in [5.41, 5.74) is 1.11. The van der Waals surface area contributed by atoms with Crippen LogP contribution in [-0.2, 0) is 6.54 Å². The van der Waals surface area contributed by atoms with Crippen LogP contribution in [0, 0.1) is 6.92 Å². The van der Waals surface area contributed by atoms with Crippen molar-refractivity contribution in [2.24, 2.45) is 0 Å². The minimum atomic E-state index is 0.584. The zero-order valence-electron chi connectivity index (χ0n) is 9.23. The fourth-order valence-electron chi connectivity index (χ4n) is 1.35. The molecule has 0 fully saturated rings. The molecule has 0 atom stereocenters. The lowest BCUT2D eigenvalue weighted by Crippen LogP contribution is -2.06. The molecule has 2 aromatic rings. The number of para-hydroxylation sites is 1. The predicted octanol–water partition coefficient (Wildman–Crippen LogP) is 2.36. The van der Waals surface area contributed by atoms with E-state index in [1.165, 1.54) is 11.5 Å². The van der Waals surface area contributed by atoms with Crippen LogP contribution in [0.5, 0.6) is 10.9 Å². The molecular formula is C11H13N3OS. The molecule has 1 aromatic carbocycles. The molecule has 16 heavy (non-hydrogen) atoms. The van der Waals surface area contributed by atoms with Gasteiger partial charge in [0, 0.05) is 23.6 Å². The highest BCUT2D eigenvalue weighted by Crippen LogP contribution is 2.26. The standard InChI is InChI=1S/C11H13N3OS/c1-8-13-11(16-14-8)15-10-6-4-3-5-9(10)7-12-2/h3-6,12H,7H2,1-2H3. The quantitative estimate of drug-likeness (QED) is 0.883. The van der Waals surface area contributed by atoms with Crippen molar-refractivity contribution in [1.29, 1.82) is 0 Å². The first kappa shape index (κ1) is 11.0. The molecule has 84 valence electrons. The van der Waals surface area contributed by atoms with Crippen LogP contribution in [0.2, 0.25) is 0 Å². The first-order valence-electron chi connectivity index (χ1n) is 5.00. The van der Waals surface area contributed by atoms with E-state index < -0.39 is 0 Å². The van der Waals surface area contributed by atoms with E-state index in [0.717, 1.165) is 23.7 Å². The molecule has 5 heteroatoms. The fourth-order valence-corrected chi connectivity index (χ4v) is 1.90. The summed E-state index contributed by atoms with van der Waals surface area (Å²) in [4.78, 5) is 4.17. The second kappa shape index (κ2) is 5.05. The first-order chi connectivity index (χ1) is 7.79. The van der Waals surface area contributed by atoms with E-state index in [0.29, 0.717) is 5.19 Å². The lowest BCUT2D eigenvalue weighted by atomic mass is 10.2. The lowest BCUT2D eigenvalue weighted by molar-refractivity contribution is 0.470. The lowest BCUT2D eigenvalue weighted by Gasteiger charge is -2.07. The van der Waals surface area contributed by atoms with Gasteiger partial charge in [0.05, 0.1) is 0 Å². The molecule has 1 heterocycles. The summed E-state index contributed by atoms with van der Waals surface area (Å²) in [5.74, 6) is 1.57. The van der Waals surface area contributed by atoms with Crippen LogP contribution >= 0.6 is 11.5 Å². The summed E-state index contributed by atoms with van der Waals surface area (Å²) in [7, 11) is 1.91. The molecule has 1 N–H and O–H groups in total. The van der Waals surface area contributed by atoms with Crippen LogP contribution in [0.15, 0.2) is 24.3 Å². The van der Waals surface area contributed by atoms with Crippen molar-refractivity contribution < 1.29 is 4.74 Å². The summed E-state index contributed by atoms with van der Waals surface area (Å²) in [6.07, 6.45) is 0. The minimum absolute atomic E-state index is 0.584. The summed E-state index contributed by atoms with van der Waals surface area (Å²) in [6, 6.07) is 7.90. The highest BCUT2D eigenvalue weighted by atomic mass is 32.1. The predicted molar refractivity (Wildman–Crippen MR) is 63.9 cm³/mol. The van der Waals surface area contributed by atoms with Gasteiger partial charge in [0.25, 0.3) is 5.19 Å². The number of hydrogen-bond donors (Lipinski definition) is 1. The van der Waals surface area contributed by atoms with Crippen LogP contribution < -0.4 is 10.1 Å². The van der Waals surface area contributed by atoms with Gasteiger partial charge in [-0.1, -0.05) is 18.2 Å². The Morgan fingerprint density at radius 3 is 2.88 bits per heavy atom. The van der Waals surface area contributed by atoms with Crippen molar-refractivity contribution >= 4 is 11.5 Å². The Kier molecular flexibility index (Phi) is 3.48. The maximum Gasteiger partial charge on any atom is 0.298 e. The van der Waals surface area contributed by atoms with E-state index in [1.807, 2.05) is 38.2 Å². The third kappa shape index (κ3) is 2.56. The topological polar surface area (TPSA) is 47.0 Å². The normalized spacial score (nSPS) is 10.4. The number of benzene rings is 1. The van der Waals surface area contributed by atoms with Gasteiger partial charge in [0.2, 0.25) is 0 Å². The van der Waals surface area contributed by atoms with Gasteiger partial charge in [0.15, 0.2) is 0 Å². The maximum atomic E-state index is 5.69. The van der Waals surface area contributed by atoms with E-state index in [9.17, 15) is 0 Å². The summed E-state index contributed by atoms with van der Waals surface area (Å²) in [5, 5.41) is 3.69. The molecule has 0 amide bonds. The fraction of sp³-hybridized carbons (Fsp3) is 0.273. The van der Waals surface area contributed by atoms with Gasteiger partial charge in [-0.25, -0.2) is 0 Å². The number of ether oxygens (including phenoxy) is 1. The van der Waals surface area contributed by atoms with Crippen LogP contribution in [0.4, 0.5) is 0 Å². The number of aryl methyl sites for hydroxylation is 1. The molecule has 0 radical (unpaired) electrons. The van der Waals surface area contributed by atoms with Gasteiger partial charge in [-0.3, -0.25) is 0 Å². The third-order valence-electron chi connectivity index (χ3n) is 2.05. The number of hydrogen-bond acceptors (Lipinski definition) is 5. The number of nitrogens with one attached hydrogen (secondary N) is 1. The number of rotatable bonds is 4. The summed E-state index contributed by atoms with van der Waals surface area (Å²) in [6.45, 7) is 2.62. The monoisotopic (exact) mass is 235 g/mol. The van der Waals surface area contributed by atoms with Crippen molar-refractivity contribution in [3.8, 4) is 10.9 Å². The van der Waals surface area contributed by atoms with Crippen molar-refractivity contribution in [3.05, 3.63) is 35.7 Å². The third-order valence-corrected chi connectivity index (χ3v) is 2.73. The van der Waals surface area contributed by atoms with Crippen LogP contribution in [-0.4, -0.2) is 16.4 Å². The Morgan fingerprint density at radius 1 is 1.38 bits per heavy atom. The molecule has 0 unspecified atom stereocenters. The Hall–Kier alpha value is -1.46. The Morgan fingerprint density at radius 2 is 2.19 bits per heavy atom. The van der Waals surface area contributed by atoms with Gasteiger partial charge in [-0.15, -0.1) is 0 Å². The molecule has 2 rings (SSSR count). The Bertz CT molecular complexity index is 470. The van der Waals surface area contributed by atoms with E-state index in [4.69, 9.17) is 4.74 Å². The van der Waals surface area contributed by atoms with Crippen molar-refractivity contribution in [2.45, 2.75) is 13.5 Å². The zero-order chi connectivity index (χ0) is 11.4. The molecule has 0 saturated carbocycles. The average molecular weight is 235 g/mol. The average Bonchev–Trinajstić information content (AvgIpc) is 2.67. The highest BCUT2D eigenvalue weighted by molar-refractivity contribution is 7.07. The molecule has 1 aromatic heterocycles. The molecule has 0 aliphatic rings. The molecule has 4 nitrogen and oxygen atoms in total. The largest absolute Gasteiger partial charge is 0.430 e. The molecular weight excluding hydrogens is 222 g/mol. The van der Waals surface area contributed by atoms with E-state index >= 15 is 0 Å². The Labute approximate surface area is 98.5 Å². The first-order valence-corrected chi connectivity index (χ1v) is 5.77. The molecule has 0 saturated heterocycles. The van der Waals surface area contributed by atoms with Gasteiger partial charge in [-0.2, -0.15) is 9.36 Å². The van der Waals surface area contributed by atoms with Gasteiger partial charge >= 0.3 is 0 Å². The van der Waals surface area contributed by atoms with Crippen LogP contribution in [0.1, 0.15) is 11.4 Å². The SMILES string of the molecule is CNCc1ccccc1Oc1nc(C)ns1. The smallest absolute Gasteiger partial charge is 0.298 e. The van der Waals surface area contributed by atoms with Crippen molar-refractivity contribution in [2.75, 3.05) is 7.05 Å². The minimum Gasteiger partial charge on any atom is -0.430 e. The number of nitrogens with zero attached hydrogens (tertiary/aromatic N) is 2. The molecule has 0 aliphatic carbocycles. The number of aromatic nitrogens is 2. The van der Waals surface area contributed by atoms with E-state index in [-0.39, 0.29) is 0 Å². The van der Waals surface area contributed by atoms with Crippen molar-refractivity contribution in [3.63, 3.8) is 0 Å². The van der Waals surface area contributed by atoms with Gasteiger partial charge in [0.1, 0.15) is 11.6 Å². The van der Waals surface area contributed by atoms with Gasteiger partial charge < -0.3 is 10.1 Å². The summed E-state index contributed by atoms with van der Waals surface area (Å²) < 4.78 is 9.77. The van der Waals surface area contributed by atoms with Crippen molar-refractivity contribution in [1.82, 2.24) is 14.7 Å². The zero-order valence-corrected chi connectivity index (χ0v) is 10.0.